The van der Waals surface area contributed by atoms with Gasteiger partial charge in [0.1, 0.15) is 12.4 Å². The lowest BCUT2D eigenvalue weighted by atomic mass is 10.3. The smallest absolute Gasteiger partial charge is 0.178 e. The molecule has 0 N–H and O–H groups in total. The Morgan fingerprint density at radius 3 is 2.39 bits per heavy atom. The van der Waals surface area contributed by atoms with E-state index in [4.69, 9.17) is 4.74 Å². The second-order valence-electron chi connectivity index (χ2n) is 3.86. The summed E-state index contributed by atoms with van der Waals surface area (Å²) in [6.07, 6.45) is 0.522. The van der Waals surface area contributed by atoms with Gasteiger partial charge in [0.05, 0.1) is 10.6 Å². The first-order chi connectivity index (χ1) is 8.45. The van der Waals surface area contributed by atoms with E-state index >= 15 is 0 Å². The van der Waals surface area contributed by atoms with Gasteiger partial charge in [0.2, 0.25) is 0 Å². The van der Waals surface area contributed by atoms with E-state index in [0.717, 1.165) is 0 Å². The lowest BCUT2D eigenvalue weighted by Gasteiger charge is -2.06. The standard InChI is InChI=1S/C12H16O4S2/c1-10(13)9-16-11-3-5-12(6-4-11)18(14,15)8-2-7-17/h3-6,17H,2,7-9H2,1H3. The van der Waals surface area contributed by atoms with E-state index in [1.807, 2.05) is 0 Å². The van der Waals surface area contributed by atoms with E-state index in [1.54, 1.807) is 12.1 Å². The van der Waals surface area contributed by atoms with Gasteiger partial charge in [-0.05, 0) is 43.4 Å². The molecule has 100 valence electrons. The summed E-state index contributed by atoms with van der Waals surface area (Å²) in [5, 5.41) is 0. The largest absolute Gasteiger partial charge is 0.486 e. The van der Waals surface area contributed by atoms with Gasteiger partial charge in [0.25, 0.3) is 0 Å². The quantitative estimate of drug-likeness (QED) is 0.777. The van der Waals surface area contributed by atoms with E-state index in [-0.39, 0.29) is 23.0 Å². The minimum Gasteiger partial charge on any atom is -0.486 e. The number of hydrogen-bond acceptors (Lipinski definition) is 5. The Bertz CT molecular complexity index is 491. The molecule has 0 radical (unpaired) electrons. The number of carbonyl (C=O) groups is 1. The Labute approximate surface area is 113 Å². The fraction of sp³-hybridized carbons (Fsp3) is 0.417. The summed E-state index contributed by atoms with van der Waals surface area (Å²) in [6.45, 7) is 1.42. The maximum absolute atomic E-state index is 11.8. The monoisotopic (exact) mass is 288 g/mol. The minimum atomic E-state index is -3.24. The van der Waals surface area contributed by atoms with Crippen LogP contribution in [-0.4, -0.2) is 32.3 Å². The molecule has 0 aliphatic heterocycles. The highest BCUT2D eigenvalue weighted by Gasteiger charge is 2.13. The highest BCUT2D eigenvalue weighted by molar-refractivity contribution is 7.91. The molecule has 0 saturated carbocycles. The highest BCUT2D eigenvalue weighted by Crippen LogP contribution is 2.17. The molecule has 0 heterocycles. The lowest BCUT2D eigenvalue weighted by molar-refractivity contribution is -0.118. The molecule has 18 heavy (non-hydrogen) atoms. The average Bonchev–Trinajstić information content (AvgIpc) is 2.34. The van der Waals surface area contributed by atoms with E-state index in [2.05, 4.69) is 12.6 Å². The summed E-state index contributed by atoms with van der Waals surface area (Å²) < 4.78 is 28.8. The molecular formula is C12H16O4S2. The molecule has 0 aliphatic carbocycles. The molecule has 4 nitrogen and oxygen atoms in total. The Morgan fingerprint density at radius 2 is 1.89 bits per heavy atom. The molecule has 0 saturated heterocycles. The molecule has 0 aliphatic rings. The third-order valence-corrected chi connectivity index (χ3v) is 4.33. The molecule has 0 atom stereocenters. The number of rotatable bonds is 7. The molecule has 0 aromatic heterocycles. The van der Waals surface area contributed by atoms with Crippen molar-refractivity contribution >= 4 is 28.2 Å². The number of ketones is 1. The van der Waals surface area contributed by atoms with Crippen LogP contribution in [0, 0.1) is 0 Å². The van der Waals surface area contributed by atoms with Crippen LogP contribution in [0.25, 0.3) is 0 Å². The third-order valence-electron chi connectivity index (χ3n) is 2.20. The van der Waals surface area contributed by atoms with Crippen LogP contribution in [0.15, 0.2) is 29.2 Å². The number of benzene rings is 1. The summed E-state index contributed by atoms with van der Waals surface area (Å²) in [7, 11) is -3.24. The molecule has 1 rings (SSSR count). The number of hydrogen-bond donors (Lipinski definition) is 1. The van der Waals surface area contributed by atoms with Gasteiger partial charge in [-0.25, -0.2) is 8.42 Å². The van der Waals surface area contributed by atoms with Crippen molar-refractivity contribution in [1.82, 2.24) is 0 Å². The zero-order chi connectivity index (χ0) is 13.6. The van der Waals surface area contributed by atoms with Gasteiger partial charge < -0.3 is 4.74 Å². The number of Topliss-reactive ketones (excluding diaryl/α,β-unsaturated/α-hetero) is 1. The SMILES string of the molecule is CC(=O)COc1ccc(S(=O)(=O)CCCS)cc1. The number of ether oxygens (including phenoxy) is 1. The van der Waals surface area contributed by atoms with Crippen molar-refractivity contribution in [1.29, 1.82) is 0 Å². The van der Waals surface area contributed by atoms with Gasteiger partial charge in [-0.1, -0.05) is 0 Å². The number of carbonyl (C=O) groups excluding carboxylic acids is 1. The zero-order valence-electron chi connectivity index (χ0n) is 10.1. The first kappa shape index (κ1) is 15.0. The van der Waals surface area contributed by atoms with Gasteiger partial charge >= 0.3 is 0 Å². The van der Waals surface area contributed by atoms with Crippen LogP contribution >= 0.6 is 12.6 Å². The first-order valence-corrected chi connectivity index (χ1v) is 7.80. The maximum Gasteiger partial charge on any atom is 0.178 e. The summed E-state index contributed by atoms with van der Waals surface area (Å²) in [4.78, 5) is 11.0. The van der Waals surface area contributed by atoms with Crippen molar-refractivity contribution in [3.63, 3.8) is 0 Å². The fourth-order valence-corrected chi connectivity index (χ4v) is 2.98. The van der Waals surface area contributed by atoms with Crippen molar-refractivity contribution in [3.05, 3.63) is 24.3 Å². The van der Waals surface area contributed by atoms with Crippen molar-refractivity contribution in [2.45, 2.75) is 18.2 Å². The van der Waals surface area contributed by atoms with Crippen molar-refractivity contribution in [3.8, 4) is 5.75 Å². The van der Waals surface area contributed by atoms with Crippen LogP contribution in [0.3, 0.4) is 0 Å². The second-order valence-corrected chi connectivity index (χ2v) is 6.41. The molecule has 0 amide bonds. The molecule has 0 fully saturated rings. The topological polar surface area (TPSA) is 60.4 Å². The predicted molar refractivity (Wildman–Crippen MR) is 73.1 cm³/mol. The van der Waals surface area contributed by atoms with Crippen molar-refractivity contribution < 1.29 is 17.9 Å². The predicted octanol–water partition coefficient (Wildman–Crippen LogP) is 1.75. The average molecular weight is 288 g/mol. The van der Waals surface area contributed by atoms with Crippen LogP contribution in [-0.2, 0) is 14.6 Å². The van der Waals surface area contributed by atoms with E-state index < -0.39 is 9.84 Å². The molecule has 1 aromatic rings. The van der Waals surface area contributed by atoms with Crippen LogP contribution < -0.4 is 4.74 Å². The number of sulfone groups is 1. The molecule has 0 bridgehead atoms. The fourth-order valence-electron chi connectivity index (χ4n) is 1.30. The van der Waals surface area contributed by atoms with Gasteiger partial charge in [0, 0.05) is 0 Å². The summed E-state index contributed by atoms with van der Waals surface area (Å²) in [5.41, 5.74) is 0. The second kappa shape index (κ2) is 6.80. The van der Waals surface area contributed by atoms with E-state index in [1.165, 1.54) is 19.1 Å². The first-order valence-electron chi connectivity index (χ1n) is 5.51. The van der Waals surface area contributed by atoms with Crippen LogP contribution in [0.1, 0.15) is 13.3 Å². The minimum absolute atomic E-state index is 0.00818. The lowest BCUT2D eigenvalue weighted by Crippen LogP contribution is -2.08. The summed E-state index contributed by atoms with van der Waals surface area (Å²) >= 11 is 3.99. The normalized spacial score (nSPS) is 11.2. The van der Waals surface area contributed by atoms with Crippen LogP contribution in [0.4, 0.5) is 0 Å². The Morgan fingerprint density at radius 1 is 1.28 bits per heavy atom. The van der Waals surface area contributed by atoms with Crippen molar-refractivity contribution in [2.75, 3.05) is 18.1 Å². The highest BCUT2D eigenvalue weighted by atomic mass is 32.2. The Kier molecular flexibility index (Phi) is 5.68. The number of thiol groups is 1. The Balaban J connectivity index is 2.73. The van der Waals surface area contributed by atoms with Gasteiger partial charge in [-0.3, -0.25) is 4.79 Å². The van der Waals surface area contributed by atoms with Crippen molar-refractivity contribution in [2.24, 2.45) is 0 Å². The zero-order valence-corrected chi connectivity index (χ0v) is 11.8. The Hall–Kier alpha value is -1.01. The van der Waals surface area contributed by atoms with E-state index in [9.17, 15) is 13.2 Å². The molecule has 1 aromatic carbocycles. The van der Waals surface area contributed by atoms with Gasteiger partial charge in [-0.15, -0.1) is 0 Å². The van der Waals surface area contributed by atoms with Gasteiger partial charge in [0.15, 0.2) is 15.6 Å². The molecular weight excluding hydrogens is 272 g/mol. The van der Waals surface area contributed by atoms with Crippen LogP contribution in [0.5, 0.6) is 5.75 Å². The summed E-state index contributed by atoms with van der Waals surface area (Å²) in [6, 6.07) is 6.08. The third kappa shape index (κ3) is 4.70. The van der Waals surface area contributed by atoms with E-state index in [0.29, 0.717) is 17.9 Å². The molecule has 0 unspecified atom stereocenters. The maximum atomic E-state index is 11.8. The molecule has 6 heteroatoms. The van der Waals surface area contributed by atoms with Gasteiger partial charge in [-0.2, -0.15) is 12.6 Å². The molecule has 0 spiro atoms. The van der Waals surface area contributed by atoms with Crippen LogP contribution in [0.2, 0.25) is 0 Å². The summed E-state index contributed by atoms with van der Waals surface area (Å²) in [5.74, 6) is 1.03.